The predicted octanol–water partition coefficient (Wildman–Crippen LogP) is 3.62. The lowest BCUT2D eigenvalue weighted by Gasteiger charge is -2.08. The van der Waals surface area contributed by atoms with Gasteiger partial charge in [0.05, 0.1) is 11.3 Å². The second-order valence-electron chi connectivity index (χ2n) is 3.81. The summed E-state index contributed by atoms with van der Waals surface area (Å²) < 4.78 is 32.9. The smallest absolute Gasteiger partial charge is 0.135 e. The van der Waals surface area contributed by atoms with Crippen LogP contribution in [0.5, 0.6) is 0 Å². The minimum atomic E-state index is -0.654. The third-order valence-electron chi connectivity index (χ3n) is 2.47. The maximum Gasteiger partial charge on any atom is 0.135 e. The van der Waals surface area contributed by atoms with Crippen LogP contribution in [0.15, 0.2) is 24.3 Å². The van der Waals surface area contributed by atoms with Crippen molar-refractivity contribution in [1.82, 2.24) is 9.97 Å². The van der Waals surface area contributed by atoms with E-state index in [4.69, 9.17) is 17.0 Å². The molecule has 0 saturated carbocycles. The van der Waals surface area contributed by atoms with E-state index in [-0.39, 0.29) is 22.5 Å². The molecule has 0 fully saturated rings. The average Bonchev–Trinajstić information content (AvgIpc) is 2.35. The van der Waals surface area contributed by atoms with Crippen LogP contribution in [-0.4, -0.2) is 16.6 Å². The van der Waals surface area contributed by atoms with Crippen LogP contribution in [0.2, 0.25) is 0 Å². The van der Waals surface area contributed by atoms with Crippen molar-refractivity contribution in [3.05, 3.63) is 46.4 Å². The monoisotopic (exact) mass is 282 g/mol. The molecule has 0 aliphatic rings. The zero-order valence-electron chi connectivity index (χ0n) is 10.2. The van der Waals surface area contributed by atoms with Crippen molar-refractivity contribution in [2.24, 2.45) is 0 Å². The van der Waals surface area contributed by atoms with Crippen LogP contribution in [-0.2, 0) is 11.3 Å². The van der Waals surface area contributed by atoms with Gasteiger partial charge in [0.15, 0.2) is 0 Å². The fourth-order valence-corrected chi connectivity index (χ4v) is 1.89. The molecule has 0 aliphatic carbocycles. The lowest BCUT2D eigenvalue weighted by atomic mass is 10.1. The number of H-pyrrole nitrogens is 1. The van der Waals surface area contributed by atoms with Gasteiger partial charge in [0, 0.05) is 6.61 Å². The highest BCUT2D eigenvalue weighted by Crippen LogP contribution is 2.24. The molecule has 0 spiro atoms. The first-order valence-corrected chi connectivity index (χ1v) is 6.15. The zero-order chi connectivity index (χ0) is 13.8. The molecule has 0 aliphatic heterocycles. The van der Waals surface area contributed by atoms with Crippen molar-refractivity contribution in [3.8, 4) is 11.3 Å². The minimum absolute atomic E-state index is 0.145. The number of aromatic amines is 1. The lowest BCUT2D eigenvalue weighted by Crippen LogP contribution is -2.02. The number of hydrogen-bond donors (Lipinski definition) is 1. The third-order valence-corrected chi connectivity index (χ3v) is 2.68. The van der Waals surface area contributed by atoms with Gasteiger partial charge in [-0.05, 0) is 25.1 Å². The first-order valence-electron chi connectivity index (χ1n) is 5.74. The molecule has 100 valence electrons. The molecule has 0 saturated heterocycles. The molecule has 19 heavy (non-hydrogen) atoms. The van der Waals surface area contributed by atoms with Gasteiger partial charge >= 0.3 is 0 Å². The van der Waals surface area contributed by atoms with Crippen molar-refractivity contribution in [2.45, 2.75) is 13.5 Å². The van der Waals surface area contributed by atoms with E-state index < -0.39 is 11.6 Å². The second-order valence-corrected chi connectivity index (χ2v) is 4.23. The average molecular weight is 282 g/mol. The summed E-state index contributed by atoms with van der Waals surface area (Å²) in [5, 5.41) is 0. The number of halogens is 2. The van der Waals surface area contributed by atoms with Gasteiger partial charge in [0.2, 0.25) is 0 Å². The Bertz CT molecular complexity index is 623. The summed E-state index contributed by atoms with van der Waals surface area (Å²) in [5.74, 6) is -0.870. The van der Waals surface area contributed by atoms with Crippen molar-refractivity contribution in [1.29, 1.82) is 0 Å². The molecule has 0 radical (unpaired) electrons. The van der Waals surface area contributed by atoms with E-state index in [1.807, 2.05) is 6.92 Å². The van der Waals surface area contributed by atoms with Gasteiger partial charge in [-0.3, -0.25) is 0 Å². The molecule has 6 heteroatoms. The minimum Gasteiger partial charge on any atom is -0.374 e. The molecule has 0 amide bonds. The molecule has 0 unspecified atom stereocenters. The summed E-state index contributed by atoms with van der Waals surface area (Å²) in [4.78, 5) is 6.88. The van der Waals surface area contributed by atoms with Crippen molar-refractivity contribution >= 4 is 12.2 Å². The topological polar surface area (TPSA) is 37.9 Å². The van der Waals surface area contributed by atoms with Crippen LogP contribution in [0.4, 0.5) is 8.78 Å². The van der Waals surface area contributed by atoms with E-state index in [9.17, 15) is 8.78 Å². The normalized spacial score (nSPS) is 10.7. The quantitative estimate of drug-likeness (QED) is 0.870. The summed E-state index contributed by atoms with van der Waals surface area (Å²) in [5.41, 5.74) is 0.110. The third kappa shape index (κ3) is 3.21. The maximum absolute atomic E-state index is 13.7. The van der Waals surface area contributed by atoms with E-state index in [0.717, 1.165) is 0 Å². The van der Waals surface area contributed by atoms with Gasteiger partial charge in [0.25, 0.3) is 0 Å². The highest BCUT2D eigenvalue weighted by atomic mass is 32.1. The van der Waals surface area contributed by atoms with Gasteiger partial charge in [-0.15, -0.1) is 0 Å². The van der Waals surface area contributed by atoms with Crippen LogP contribution in [0.1, 0.15) is 12.7 Å². The fourth-order valence-electron chi connectivity index (χ4n) is 1.67. The molecule has 0 bridgehead atoms. The van der Waals surface area contributed by atoms with Crippen LogP contribution >= 0.6 is 12.2 Å². The fraction of sp³-hybridized carbons (Fsp3) is 0.231. The largest absolute Gasteiger partial charge is 0.374 e. The van der Waals surface area contributed by atoms with E-state index in [0.29, 0.717) is 12.4 Å². The lowest BCUT2D eigenvalue weighted by molar-refractivity contribution is 0.128. The number of benzene rings is 1. The van der Waals surface area contributed by atoms with Gasteiger partial charge in [-0.25, -0.2) is 13.8 Å². The number of hydrogen-bond acceptors (Lipinski definition) is 3. The molecule has 2 aromatic rings. The van der Waals surface area contributed by atoms with Crippen molar-refractivity contribution < 1.29 is 13.5 Å². The summed E-state index contributed by atoms with van der Waals surface area (Å²) in [6.07, 6.45) is 0. The van der Waals surface area contributed by atoms with Crippen molar-refractivity contribution in [3.63, 3.8) is 0 Å². The Labute approximate surface area is 114 Å². The second kappa shape index (κ2) is 5.99. The van der Waals surface area contributed by atoms with Gasteiger partial charge in [-0.1, -0.05) is 18.3 Å². The first-order chi connectivity index (χ1) is 9.11. The Morgan fingerprint density at radius 1 is 1.32 bits per heavy atom. The number of ether oxygens (including phenoxy) is 1. The molecule has 2 rings (SSSR count). The van der Waals surface area contributed by atoms with Gasteiger partial charge in [0.1, 0.15) is 28.7 Å². The van der Waals surface area contributed by atoms with Crippen LogP contribution < -0.4 is 0 Å². The Morgan fingerprint density at radius 2 is 2.00 bits per heavy atom. The maximum atomic E-state index is 13.7. The molecular weight excluding hydrogens is 270 g/mol. The first kappa shape index (κ1) is 13.8. The Kier molecular flexibility index (Phi) is 4.34. The number of aromatic nitrogens is 2. The van der Waals surface area contributed by atoms with Gasteiger partial charge < -0.3 is 9.72 Å². The SMILES string of the molecule is CCOCc1nc(=S)cc(-c2c(F)cccc2F)[nH]1. The summed E-state index contributed by atoms with van der Waals surface area (Å²) in [6.45, 7) is 2.57. The van der Waals surface area contributed by atoms with Crippen LogP contribution in [0, 0.1) is 16.3 Å². The number of nitrogens with zero attached hydrogens (tertiary/aromatic N) is 1. The Balaban J connectivity index is 2.50. The molecule has 1 aromatic carbocycles. The molecule has 3 nitrogen and oxygen atoms in total. The molecule has 1 N–H and O–H groups in total. The van der Waals surface area contributed by atoms with E-state index in [1.165, 1.54) is 24.3 Å². The number of rotatable bonds is 4. The molecule has 1 heterocycles. The van der Waals surface area contributed by atoms with Crippen LogP contribution in [0.25, 0.3) is 11.3 Å². The van der Waals surface area contributed by atoms with E-state index >= 15 is 0 Å². The number of nitrogens with one attached hydrogen (secondary N) is 1. The van der Waals surface area contributed by atoms with Crippen LogP contribution in [0.3, 0.4) is 0 Å². The van der Waals surface area contributed by atoms with Gasteiger partial charge in [-0.2, -0.15) is 0 Å². The van der Waals surface area contributed by atoms with E-state index in [2.05, 4.69) is 9.97 Å². The van der Waals surface area contributed by atoms with E-state index in [1.54, 1.807) is 0 Å². The summed E-state index contributed by atoms with van der Waals surface area (Å²) in [7, 11) is 0. The Morgan fingerprint density at radius 3 is 2.63 bits per heavy atom. The predicted molar refractivity (Wildman–Crippen MR) is 70.1 cm³/mol. The molecule has 0 atom stereocenters. The highest BCUT2D eigenvalue weighted by molar-refractivity contribution is 7.71. The van der Waals surface area contributed by atoms with Crippen molar-refractivity contribution in [2.75, 3.05) is 6.61 Å². The molecule has 1 aromatic heterocycles. The Hall–Kier alpha value is -1.66. The zero-order valence-corrected chi connectivity index (χ0v) is 11.1. The summed E-state index contributed by atoms with van der Waals surface area (Å²) >= 11 is 4.99. The summed E-state index contributed by atoms with van der Waals surface area (Å²) in [6, 6.07) is 5.12. The molecular formula is C13H12F2N2OS. The highest BCUT2D eigenvalue weighted by Gasteiger charge is 2.12. The standard InChI is InChI=1S/C13H12F2N2OS/c1-2-18-7-11-16-10(6-12(19)17-11)13-8(14)4-3-5-9(13)15/h3-6H,2,7H2,1H3,(H,16,17,19).